The Labute approximate surface area is 170 Å². The van der Waals surface area contributed by atoms with Gasteiger partial charge < -0.3 is 14.8 Å². The molecule has 1 heterocycles. The SMILES string of the molecule is CCOc1cc(/C=C2\SC(=O)NC2=O)ccc1OCC(=O)Nc1ccc(F)cc1. The number of thioether (sulfide) groups is 1. The lowest BCUT2D eigenvalue weighted by Gasteiger charge is -2.13. The molecule has 3 rings (SSSR count). The van der Waals surface area contributed by atoms with E-state index >= 15 is 0 Å². The molecule has 3 amide bonds. The molecule has 1 saturated heterocycles. The number of hydrogen-bond acceptors (Lipinski definition) is 6. The molecule has 1 fully saturated rings. The third-order valence-electron chi connectivity index (χ3n) is 3.69. The van der Waals surface area contributed by atoms with Crippen molar-refractivity contribution in [3.05, 3.63) is 58.8 Å². The third kappa shape index (κ3) is 5.58. The zero-order valence-corrected chi connectivity index (χ0v) is 16.2. The second-order valence-electron chi connectivity index (χ2n) is 5.84. The maximum Gasteiger partial charge on any atom is 0.290 e. The number of halogens is 1. The molecule has 7 nitrogen and oxygen atoms in total. The number of hydrogen-bond donors (Lipinski definition) is 2. The number of amides is 3. The Kier molecular flexibility index (Phi) is 6.50. The molecule has 0 aliphatic carbocycles. The van der Waals surface area contributed by atoms with Gasteiger partial charge in [-0.1, -0.05) is 6.07 Å². The maximum atomic E-state index is 12.9. The van der Waals surface area contributed by atoms with Crippen molar-refractivity contribution in [2.45, 2.75) is 6.92 Å². The van der Waals surface area contributed by atoms with E-state index in [1.54, 1.807) is 31.2 Å². The Morgan fingerprint density at radius 2 is 1.90 bits per heavy atom. The Bertz CT molecular complexity index is 975. The van der Waals surface area contributed by atoms with E-state index in [0.717, 1.165) is 11.8 Å². The molecule has 2 aromatic rings. The topological polar surface area (TPSA) is 93.7 Å². The van der Waals surface area contributed by atoms with Gasteiger partial charge in [-0.25, -0.2) is 4.39 Å². The van der Waals surface area contributed by atoms with Gasteiger partial charge in [-0.15, -0.1) is 0 Å². The fraction of sp³-hybridized carbons (Fsp3) is 0.150. The molecule has 0 spiro atoms. The Hall–Kier alpha value is -3.33. The number of nitrogens with one attached hydrogen (secondary N) is 2. The number of imide groups is 1. The number of carbonyl (C=O) groups is 3. The largest absolute Gasteiger partial charge is 0.490 e. The van der Waals surface area contributed by atoms with E-state index in [1.807, 2.05) is 0 Å². The Balaban J connectivity index is 1.67. The Morgan fingerprint density at radius 1 is 1.14 bits per heavy atom. The van der Waals surface area contributed by atoms with Crippen LogP contribution in [-0.2, 0) is 9.59 Å². The fourth-order valence-corrected chi connectivity index (χ4v) is 3.13. The van der Waals surface area contributed by atoms with Gasteiger partial charge in [0.1, 0.15) is 5.82 Å². The average Bonchev–Trinajstić information content (AvgIpc) is 3.00. The summed E-state index contributed by atoms with van der Waals surface area (Å²) >= 11 is 0.821. The lowest BCUT2D eigenvalue weighted by Crippen LogP contribution is -2.20. The maximum absolute atomic E-state index is 12.9. The third-order valence-corrected chi connectivity index (χ3v) is 4.50. The molecule has 150 valence electrons. The van der Waals surface area contributed by atoms with Crippen LogP contribution in [0.5, 0.6) is 11.5 Å². The first-order valence-corrected chi connectivity index (χ1v) is 9.46. The summed E-state index contributed by atoms with van der Waals surface area (Å²) in [5.74, 6) is -0.513. The van der Waals surface area contributed by atoms with E-state index in [4.69, 9.17) is 9.47 Å². The second-order valence-corrected chi connectivity index (χ2v) is 6.85. The van der Waals surface area contributed by atoms with Gasteiger partial charge in [-0.05, 0) is 66.7 Å². The summed E-state index contributed by atoms with van der Waals surface area (Å²) in [6, 6.07) is 10.3. The summed E-state index contributed by atoms with van der Waals surface area (Å²) in [6.07, 6.45) is 1.57. The van der Waals surface area contributed by atoms with Crippen LogP contribution in [0, 0.1) is 5.82 Å². The van der Waals surface area contributed by atoms with Gasteiger partial charge in [0.15, 0.2) is 18.1 Å². The van der Waals surface area contributed by atoms with Gasteiger partial charge in [0.05, 0.1) is 11.5 Å². The summed E-state index contributed by atoms with van der Waals surface area (Å²) in [7, 11) is 0. The van der Waals surface area contributed by atoms with Crippen LogP contribution < -0.4 is 20.1 Å². The van der Waals surface area contributed by atoms with Crippen LogP contribution in [-0.4, -0.2) is 30.3 Å². The molecule has 0 radical (unpaired) electrons. The quantitative estimate of drug-likeness (QED) is 0.671. The van der Waals surface area contributed by atoms with E-state index in [-0.39, 0.29) is 11.5 Å². The molecule has 0 unspecified atom stereocenters. The first-order chi connectivity index (χ1) is 13.9. The minimum absolute atomic E-state index is 0.273. The van der Waals surface area contributed by atoms with Crippen LogP contribution in [0.1, 0.15) is 12.5 Å². The van der Waals surface area contributed by atoms with Crippen molar-refractivity contribution >= 4 is 40.6 Å². The van der Waals surface area contributed by atoms with Crippen LogP contribution in [0.25, 0.3) is 6.08 Å². The van der Waals surface area contributed by atoms with E-state index in [2.05, 4.69) is 10.6 Å². The van der Waals surface area contributed by atoms with Gasteiger partial charge in [-0.2, -0.15) is 0 Å². The van der Waals surface area contributed by atoms with Gasteiger partial charge in [0.2, 0.25) is 0 Å². The smallest absolute Gasteiger partial charge is 0.290 e. The van der Waals surface area contributed by atoms with Crippen LogP contribution in [0.15, 0.2) is 47.4 Å². The molecule has 2 aromatic carbocycles. The normalized spacial score (nSPS) is 14.6. The lowest BCUT2D eigenvalue weighted by atomic mass is 10.2. The van der Waals surface area contributed by atoms with Gasteiger partial charge in [0, 0.05) is 5.69 Å². The standard InChI is InChI=1S/C20H17FN2O5S/c1-2-27-16-9-12(10-17-19(25)23-20(26)29-17)3-8-15(16)28-11-18(24)22-14-6-4-13(21)5-7-14/h3-10H,2,11H2,1H3,(H,22,24)(H,23,25,26)/b17-10-. The molecule has 1 aliphatic heterocycles. The highest BCUT2D eigenvalue weighted by Crippen LogP contribution is 2.31. The summed E-state index contributed by atoms with van der Waals surface area (Å²) in [4.78, 5) is 35.3. The number of rotatable bonds is 7. The van der Waals surface area contributed by atoms with Crippen molar-refractivity contribution in [2.75, 3.05) is 18.5 Å². The zero-order chi connectivity index (χ0) is 20.8. The molecule has 0 saturated carbocycles. The highest BCUT2D eigenvalue weighted by Gasteiger charge is 2.25. The van der Waals surface area contributed by atoms with Crippen LogP contribution in [0.3, 0.4) is 0 Å². The number of anilines is 1. The average molecular weight is 416 g/mol. The van der Waals surface area contributed by atoms with Crippen molar-refractivity contribution in [1.29, 1.82) is 0 Å². The molecule has 0 aromatic heterocycles. The lowest BCUT2D eigenvalue weighted by molar-refractivity contribution is -0.118. The number of ether oxygens (including phenoxy) is 2. The predicted octanol–water partition coefficient (Wildman–Crippen LogP) is 3.57. The van der Waals surface area contributed by atoms with E-state index in [9.17, 15) is 18.8 Å². The van der Waals surface area contributed by atoms with E-state index < -0.39 is 22.9 Å². The van der Waals surface area contributed by atoms with Crippen molar-refractivity contribution in [1.82, 2.24) is 5.32 Å². The molecule has 2 N–H and O–H groups in total. The molecule has 9 heteroatoms. The van der Waals surface area contributed by atoms with Crippen molar-refractivity contribution in [3.8, 4) is 11.5 Å². The Morgan fingerprint density at radius 3 is 2.55 bits per heavy atom. The minimum Gasteiger partial charge on any atom is -0.490 e. The van der Waals surface area contributed by atoms with E-state index in [1.165, 1.54) is 24.3 Å². The van der Waals surface area contributed by atoms with Gasteiger partial charge in [-0.3, -0.25) is 19.7 Å². The van der Waals surface area contributed by atoms with Crippen LogP contribution >= 0.6 is 11.8 Å². The first kappa shape index (κ1) is 20.4. The van der Waals surface area contributed by atoms with Crippen molar-refractivity contribution < 1.29 is 28.2 Å². The highest BCUT2D eigenvalue weighted by molar-refractivity contribution is 8.18. The van der Waals surface area contributed by atoms with Gasteiger partial charge in [0.25, 0.3) is 17.1 Å². The fourth-order valence-electron chi connectivity index (χ4n) is 2.45. The predicted molar refractivity (Wildman–Crippen MR) is 107 cm³/mol. The van der Waals surface area contributed by atoms with Crippen molar-refractivity contribution in [2.24, 2.45) is 0 Å². The molecular weight excluding hydrogens is 399 g/mol. The molecule has 0 bridgehead atoms. The van der Waals surface area contributed by atoms with Crippen LogP contribution in [0.2, 0.25) is 0 Å². The molecule has 1 aliphatic rings. The summed E-state index contributed by atoms with van der Waals surface area (Å²) < 4.78 is 24.0. The number of benzene rings is 2. The first-order valence-electron chi connectivity index (χ1n) is 8.64. The molecular formula is C20H17FN2O5S. The second kappa shape index (κ2) is 9.24. The van der Waals surface area contributed by atoms with Gasteiger partial charge >= 0.3 is 0 Å². The van der Waals surface area contributed by atoms with E-state index in [0.29, 0.717) is 29.4 Å². The zero-order valence-electron chi connectivity index (χ0n) is 15.4. The monoisotopic (exact) mass is 416 g/mol. The summed E-state index contributed by atoms with van der Waals surface area (Å²) in [5.41, 5.74) is 1.10. The summed E-state index contributed by atoms with van der Waals surface area (Å²) in [6.45, 7) is 1.89. The van der Waals surface area contributed by atoms with Crippen molar-refractivity contribution in [3.63, 3.8) is 0 Å². The molecule has 29 heavy (non-hydrogen) atoms. The summed E-state index contributed by atoms with van der Waals surface area (Å²) in [5, 5.41) is 4.37. The number of carbonyl (C=O) groups excluding carboxylic acids is 3. The molecule has 0 atom stereocenters. The minimum atomic E-state index is -0.448. The highest BCUT2D eigenvalue weighted by atomic mass is 32.2. The van der Waals surface area contributed by atoms with Crippen LogP contribution in [0.4, 0.5) is 14.9 Å².